The predicted octanol–water partition coefficient (Wildman–Crippen LogP) is 3.58. The molecule has 0 spiro atoms. The molecule has 0 fully saturated rings. The van der Waals surface area contributed by atoms with Crippen LogP contribution >= 0.6 is 23.8 Å². The topological polar surface area (TPSA) is 88.8 Å². The van der Waals surface area contributed by atoms with Gasteiger partial charge < -0.3 is 10.1 Å². The molecule has 0 heterocycles. The van der Waals surface area contributed by atoms with Crippen molar-refractivity contribution in [2.75, 3.05) is 12.4 Å². The van der Waals surface area contributed by atoms with Crippen molar-refractivity contribution in [1.82, 2.24) is 5.43 Å². The third-order valence-corrected chi connectivity index (χ3v) is 3.41. The zero-order valence-electron chi connectivity index (χ0n) is 12.5. The van der Waals surface area contributed by atoms with Crippen molar-refractivity contribution in [3.8, 4) is 5.75 Å². The largest absolute Gasteiger partial charge is 0.497 e. The molecule has 0 radical (unpaired) electrons. The number of hydrazone groups is 1. The van der Waals surface area contributed by atoms with Crippen molar-refractivity contribution < 1.29 is 9.66 Å². The Labute approximate surface area is 148 Å². The number of nitro groups is 1. The Morgan fingerprint density at radius 1 is 1.33 bits per heavy atom. The molecule has 0 bridgehead atoms. The predicted molar refractivity (Wildman–Crippen MR) is 98.1 cm³/mol. The summed E-state index contributed by atoms with van der Waals surface area (Å²) < 4.78 is 5.07. The molecule has 124 valence electrons. The number of halogens is 1. The molecular formula is C15H13ClN4O3S. The Kier molecular flexibility index (Phi) is 6.05. The summed E-state index contributed by atoms with van der Waals surface area (Å²) in [5.41, 5.74) is 3.73. The Bertz CT molecular complexity index is 781. The van der Waals surface area contributed by atoms with Gasteiger partial charge in [0, 0.05) is 17.3 Å². The SMILES string of the molecule is COc1ccc(NC(=S)N/N=C/c2ccc(Cl)c([N+](=O)[O-])c2)cc1. The second-order valence-corrected chi connectivity index (χ2v) is 5.34. The van der Waals surface area contributed by atoms with Gasteiger partial charge in [0.25, 0.3) is 5.69 Å². The summed E-state index contributed by atoms with van der Waals surface area (Å²) in [6, 6.07) is 11.6. The Morgan fingerprint density at radius 3 is 2.67 bits per heavy atom. The number of hydrogen-bond donors (Lipinski definition) is 2. The van der Waals surface area contributed by atoms with Crippen molar-refractivity contribution in [2.45, 2.75) is 0 Å². The number of hydrogen-bond acceptors (Lipinski definition) is 5. The molecule has 0 atom stereocenters. The maximum Gasteiger partial charge on any atom is 0.288 e. The van der Waals surface area contributed by atoms with Crippen LogP contribution in [-0.2, 0) is 0 Å². The molecule has 0 aliphatic carbocycles. The van der Waals surface area contributed by atoms with Crippen LogP contribution in [0.3, 0.4) is 0 Å². The van der Waals surface area contributed by atoms with Crippen LogP contribution < -0.4 is 15.5 Å². The van der Waals surface area contributed by atoms with E-state index in [2.05, 4.69) is 15.8 Å². The van der Waals surface area contributed by atoms with Gasteiger partial charge in [-0.05, 0) is 42.5 Å². The summed E-state index contributed by atoms with van der Waals surface area (Å²) in [6.45, 7) is 0. The molecule has 0 aliphatic rings. The van der Waals surface area contributed by atoms with Gasteiger partial charge in [0.1, 0.15) is 10.8 Å². The number of nitro benzene ring substituents is 1. The fourth-order valence-corrected chi connectivity index (χ4v) is 2.11. The summed E-state index contributed by atoms with van der Waals surface area (Å²) in [7, 11) is 1.59. The standard InChI is InChI=1S/C15H13ClN4O3S/c1-23-12-5-3-11(4-6-12)18-15(24)19-17-9-10-2-7-13(16)14(8-10)20(21)22/h2-9H,1H3,(H2,18,19,24)/b17-9+. The molecule has 0 unspecified atom stereocenters. The van der Waals surface area contributed by atoms with E-state index in [-0.39, 0.29) is 15.8 Å². The molecule has 0 amide bonds. The molecule has 24 heavy (non-hydrogen) atoms. The summed E-state index contributed by atoms with van der Waals surface area (Å²) in [4.78, 5) is 10.3. The first kappa shape index (κ1) is 17.6. The number of nitrogens with one attached hydrogen (secondary N) is 2. The van der Waals surface area contributed by atoms with Crippen LogP contribution in [-0.4, -0.2) is 23.4 Å². The Balaban J connectivity index is 1.94. The van der Waals surface area contributed by atoms with Crippen LogP contribution in [0.5, 0.6) is 5.75 Å². The summed E-state index contributed by atoms with van der Waals surface area (Å²) in [5, 5.41) is 18.0. The van der Waals surface area contributed by atoms with Crippen LogP contribution in [0.25, 0.3) is 0 Å². The maximum absolute atomic E-state index is 10.8. The fourth-order valence-electron chi connectivity index (χ4n) is 1.75. The molecule has 9 heteroatoms. The van der Waals surface area contributed by atoms with E-state index in [0.29, 0.717) is 5.56 Å². The average molecular weight is 365 g/mol. The number of benzene rings is 2. The van der Waals surface area contributed by atoms with Crippen LogP contribution in [0.2, 0.25) is 5.02 Å². The summed E-state index contributed by atoms with van der Waals surface area (Å²) >= 11 is 10.9. The quantitative estimate of drug-likeness (QED) is 0.365. The molecule has 2 aromatic rings. The lowest BCUT2D eigenvalue weighted by Gasteiger charge is -2.07. The minimum Gasteiger partial charge on any atom is -0.497 e. The molecular weight excluding hydrogens is 352 g/mol. The Morgan fingerprint density at radius 2 is 2.04 bits per heavy atom. The maximum atomic E-state index is 10.8. The zero-order chi connectivity index (χ0) is 17.5. The van der Waals surface area contributed by atoms with Gasteiger partial charge in [-0.2, -0.15) is 5.10 Å². The van der Waals surface area contributed by atoms with Crippen LogP contribution in [0.1, 0.15) is 5.56 Å². The minimum atomic E-state index is -0.553. The molecule has 2 aromatic carbocycles. The number of nitrogens with zero attached hydrogens (tertiary/aromatic N) is 2. The number of ether oxygens (including phenoxy) is 1. The van der Waals surface area contributed by atoms with E-state index in [4.69, 9.17) is 28.6 Å². The third-order valence-electron chi connectivity index (χ3n) is 2.89. The highest BCUT2D eigenvalue weighted by Gasteiger charge is 2.11. The highest BCUT2D eigenvalue weighted by molar-refractivity contribution is 7.80. The number of thiocarbonyl (C=S) groups is 1. The van der Waals surface area contributed by atoms with Gasteiger partial charge in [0.15, 0.2) is 5.11 Å². The van der Waals surface area contributed by atoms with Crippen molar-refractivity contribution >= 4 is 46.5 Å². The highest BCUT2D eigenvalue weighted by Crippen LogP contribution is 2.24. The normalized spacial score (nSPS) is 10.4. The van der Waals surface area contributed by atoms with Gasteiger partial charge in [-0.25, -0.2) is 0 Å². The minimum absolute atomic E-state index is 0.0711. The first-order chi connectivity index (χ1) is 11.5. The van der Waals surface area contributed by atoms with Crippen LogP contribution in [0.4, 0.5) is 11.4 Å². The van der Waals surface area contributed by atoms with Gasteiger partial charge >= 0.3 is 0 Å². The van der Waals surface area contributed by atoms with Crippen LogP contribution in [0, 0.1) is 10.1 Å². The van der Waals surface area contributed by atoms with Crippen molar-refractivity contribution in [3.63, 3.8) is 0 Å². The fraction of sp³-hybridized carbons (Fsp3) is 0.0667. The second kappa shape index (κ2) is 8.23. The zero-order valence-corrected chi connectivity index (χ0v) is 14.1. The lowest BCUT2D eigenvalue weighted by atomic mass is 10.2. The number of rotatable bonds is 5. The first-order valence-electron chi connectivity index (χ1n) is 6.67. The van der Waals surface area contributed by atoms with E-state index in [0.717, 1.165) is 11.4 Å². The van der Waals surface area contributed by atoms with E-state index in [1.807, 2.05) is 0 Å². The molecule has 7 nitrogen and oxygen atoms in total. The molecule has 0 saturated carbocycles. The van der Waals surface area contributed by atoms with E-state index in [1.165, 1.54) is 18.3 Å². The lowest BCUT2D eigenvalue weighted by molar-refractivity contribution is -0.384. The monoisotopic (exact) mass is 364 g/mol. The second-order valence-electron chi connectivity index (χ2n) is 4.52. The van der Waals surface area contributed by atoms with Crippen molar-refractivity contribution in [1.29, 1.82) is 0 Å². The molecule has 0 aromatic heterocycles. The van der Waals surface area contributed by atoms with Gasteiger partial charge in [0.05, 0.1) is 18.2 Å². The van der Waals surface area contributed by atoms with Gasteiger partial charge in [-0.1, -0.05) is 17.7 Å². The smallest absolute Gasteiger partial charge is 0.288 e. The number of anilines is 1. The number of methoxy groups -OCH3 is 1. The van der Waals surface area contributed by atoms with Crippen LogP contribution in [0.15, 0.2) is 47.6 Å². The molecule has 2 N–H and O–H groups in total. The molecule has 0 aliphatic heterocycles. The van der Waals surface area contributed by atoms with Crippen molar-refractivity contribution in [2.24, 2.45) is 5.10 Å². The summed E-state index contributed by atoms with van der Waals surface area (Å²) in [6.07, 6.45) is 1.41. The van der Waals surface area contributed by atoms with Crippen molar-refractivity contribution in [3.05, 3.63) is 63.2 Å². The van der Waals surface area contributed by atoms with Gasteiger partial charge in [-0.3, -0.25) is 15.5 Å². The average Bonchev–Trinajstić information content (AvgIpc) is 2.57. The summed E-state index contributed by atoms with van der Waals surface area (Å²) in [5.74, 6) is 0.738. The van der Waals surface area contributed by atoms with Gasteiger partial charge in [0.2, 0.25) is 0 Å². The molecule has 2 rings (SSSR count). The molecule has 0 saturated heterocycles. The lowest BCUT2D eigenvalue weighted by Crippen LogP contribution is -2.23. The highest BCUT2D eigenvalue weighted by atomic mass is 35.5. The third kappa shape index (κ3) is 4.90. The Hall–Kier alpha value is -2.71. The first-order valence-corrected chi connectivity index (χ1v) is 7.46. The van der Waals surface area contributed by atoms with E-state index < -0.39 is 4.92 Å². The van der Waals surface area contributed by atoms with E-state index in [9.17, 15) is 10.1 Å². The van der Waals surface area contributed by atoms with E-state index in [1.54, 1.807) is 37.4 Å². The van der Waals surface area contributed by atoms with Gasteiger partial charge in [-0.15, -0.1) is 0 Å². The van der Waals surface area contributed by atoms with E-state index >= 15 is 0 Å².